The third-order valence-corrected chi connectivity index (χ3v) is 1.99. The summed E-state index contributed by atoms with van der Waals surface area (Å²) in [5.41, 5.74) is 0. The van der Waals surface area contributed by atoms with E-state index in [0.29, 0.717) is 13.1 Å². The number of β-amino-alcohol motifs (C(OH)–C–C–N with tert-alkyl or cyclic N) is 1. The number of rotatable bonds is 3. The molecule has 0 aliphatic carbocycles. The Morgan fingerprint density at radius 3 is 3.00 bits per heavy atom. The van der Waals surface area contributed by atoms with Crippen molar-refractivity contribution < 1.29 is 9.90 Å². The number of carbonyl (C=O) groups is 1. The molecule has 0 radical (unpaired) electrons. The molecular weight excluding hydrogens is 178 g/mol. The van der Waals surface area contributed by atoms with Gasteiger partial charge in [0.05, 0.1) is 6.10 Å². The molecule has 1 aliphatic rings. The highest BCUT2D eigenvalue weighted by atomic mass is 35.5. The molecule has 0 bridgehead atoms. The standard InChI is InChI=1S/C8H12ClNO2/c9-8(12)2-1-4-10-5-3-7(11)6-10/h1-2,7,11H,3-6H2/b2-1+/t7-/m0/s1. The van der Waals surface area contributed by atoms with Gasteiger partial charge >= 0.3 is 0 Å². The fourth-order valence-corrected chi connectivity index (χ4v) is 1.36. The molecule has 1 rings (SSSR count). The summed E-state index contributed by atoms with van der Waals surface area (Å²) in [6.45, 7) is 2.28. The molecule has 0 amide bonds. The molecule has 4 heteroatoms. The van der Waals surface area contributed by atoms with Gasteiger partial charge in [-0.15, -0.1) is 0 Å². The number of hydrogen-bond donors (Lipinski definition) is 1. The maximum Gasteiger partial charge on any atom is 0.244 e. The molecular formula is C8H12ClNO2. The first-order chi connectivity index (χ1) is 5.68. The van der Waals surface area contributed by atoms with Crippen LogP contribution in [0.3, 0.4) is 0 Å². The Bertz CT molecular complexity index is 193. The van der Waals surface area contributed by atoms with Crippen molar-refractivity contribution in [1.29, 1.82) is 0 Å². The van der Waals surface area contributed by atoms with Gasteiger partial charge in [-0.2, -0.15) is 0 Å². The third kappa shape index (κ3) is 3.34. The lowest BCUT2D eigenvalue weighted by Crippen LogP contribution is -2.21. The van der Waals surface area contributed by atoms with Gasteiger partial charge in [0.25, 0.3) is 0 Å². The maximum atomic E-state index is 10.3. The molecule has 0 saturated carbocycles. The Kier molecular flexibility index (Phi) is 3.72. The zero-order valence-electron chi connectivity index (χ0n) is 6.74. The van der Waals surface area contributed by atoms with Crippen LogP contribution in [0.25, 0.3) is 0 Å². The molecule has 1 atom stereocenters. The number of allylic oxidation sites excluding steroid dienone is 1. The van der Waals surface area contributed by atoms with Crippen molar-refractivity contribution in [2.75, 3.05) is 19.6 Å². The second-order valence-corrected chi connectivity index (χ2v) is 3.28. The summed E-state index contributed by atoms with van der Waals surface area (Å²) < 4.78 is 0. The monoisotopic (exact) mass is 189 g/mol. The molecule has 3 nitrogen and oxygen atoms in total. The van der Waals surface area contributed by atoms with Gasteiger partial charge in [0.15, 0.2) is 0 Å². The van der Waals surface area contributed by atoms with Crippen LogP contribution in [-0.4, -0.2) is 41.0 Å². The summed E-state index contributed by atoms with van der Waals surface area (Å²) in [4.78, 5) is 12.4. The summed E-state index contributed by atoms with van der Waals surface area (Å²) >= 11 is 5.10. The predicted octanol–water partition coefficient (Wildman–Crippen LogP) is 0.375. The smallest absolute Gasteiger partial charge is 0.244 e. The number of aliphatic hydroxyl groups is 1. The number of aliphatic hydroxyl groups excluding tert-OH is 1. The summed E-state index contributed by atoms with van der Waals surface area (Å²) in [5.74, 6) is 0. The average molecular weight is 190 g/mol. The van der Waals surface area contributed by atoms with Gasteiger partial charge in [-0.05, 0) is 24.1 Å². The normalized spacial score (nSPS) is 25.3. The summed E-state index contributed by atoms with van der Waals surface area (Å²) in [6, 6.07) is 0. The van der Waals surface area contributed by atoms with Crippen LogP contribution >= 0.6 is 11.6 Å². The van der Waals surface area contributed by atoms with Gasteiger partial charge in [-0.1, -0.05) is 6.08 Å². The highest BCUT2D eigenvalue weighted by molar-refractivity contribution is 6.66. The Morgan fingerprint density at radius 1 is 1.75 bits per heavy atom. The molecule has 0 aromatic heterocycles. The van der Waals surface area contributed by atoms with Gasteiger partial charge in [0.2, 0.25) is 5.24 Å². The fraction of sp³-hybridized carbons (Fsp3) is 0.625. The zero-order valence-corrected chi connectivity index (χ0v) is 7.50. The van der Waals surface area contributed by atoms with E-state index in [9.17, 15) is 4.79 Å². The predicted molar refractivity (Wildman–Crippen MR) is 47.1 cm³/mol. The van der Waals surface area contributed by atoms with Crippen molar-refractivity contribution >= 4 is 16.8 Å². The van der Waals surface area contributed by atoms with E-state index in [1.165, 1.54) is 6.08 Å². The van der Waals surface area contributed by atoms with E-state index < -0.39 is 5.24 Å². The molecule has 0 spiro atoms. The largest absolute Gasteiger partial charge is 0.392 e. The third-order valence-electron chi connectivity index (χ3n) is 1.86. The van der Waals surface area contributed by atoms with E-state index in [-0.39, 0.29) is 6.10 Å². The number of hydrogen-bond acceptors (Lipinski definition) is 3. The number of halogens is 1. The van der Waals surface area contributed by atoms with Crippen LogP contribution in [0, 0.1) is 0 Å². The summed E-state index contributed by atoms with van der Waals surface area (Å²) in [7, 11) is 0. The molecule has 68 valence electrons. The molecule has 0 unspecified atom stereocenters. The van der Waals surface area contributed by atoms with Gasteiger partial charge < -0.3 is 5.11 Å². The van der Waals surface area contributed by atoms with Crippen LogP contribution in [0.4, 0.5) is 0 Å². The van der Waals surface area contributed by atoms with Gasteiger partial charge in [0, 0.05) is 19.6 Å². The minimum Gasteiger partial charge on any atom is -0.392 e. The van der Waals surface area contributed by atoms with E-state index >= 15 is 0 Å². The minimum absolute atomic E-state index is 0.204. The molecule has 0 aromatic rings. The maximum absolute atomic E-state index is 10.3. The Labute approximate surface area is 76.6 Å². The SMILES string of the molecule is O=C(Cl)/C=C/CN1CC[C@H](O)C1. The molecule has 1 aliphatic heterocycles. The second kappa shape index (κ2) is 4.60. The van der Waals surface area contributed by atoms with E-state index in [1.54, 1.807) is 6.08 Å². The molecule has 1 fully saturated rings. The van der Waals surface area contributed by atoms with Crippen LogP contribution < -0.4 is 0 Å². The lowest BCUT2D eigenvalue weighted by molar-refractivity contribution is -0.107. The molecule has 1 heterocycles. The quantitative estimate of drug-likeness (QED) is 0.516. The Morgan fingerprint density at radius 2 is 2.50 bits per heavy atom. The lowest BCUT2D eigenvalue weighted by Gasteiger charge is -2.10. The van der Waals surface area contributed by atoms with Crippen molar-refractivity contribution in [3.63, 3.8) is 0 Å². The molecule has 1 saturated heterocycles. The molecule has 1 N–H and O–H groups in total. The first kappa shape index (κ1) is 9.71. The van der Waals surface area contributed by atoms with Gasteiger partial charge in [0.1, 0.15) is 0 Å². The van der Waals surface area contributed by atoms with Crippen molar-refractivity contribution in [2.24, 2.45) is 0 Å². The number of likely N-dealkylation sites (tertiary alicyclic amines) is 1. The Hall–Kier alpha value is -0.380. The van der Waals surface area contributed by atoms with Crippen molar-refractivity contribution in [2.45, 2.75) is 12.5 Å². The van der Waals surface area contributed by atoms with Gasteiger partial charge in [-0.25, -0.2) is 0 Å². The zero-order chi connectivity index (χ0) is 8.97. The lowest BCUT2D eigenvalue weighted by atomic mass is 10.3. The first-order valence-electron chi connectivity index (χ1n) is 3.95. The van der Waals surface area contributed by atoms with E-state index in [4.69, 9.17) is 16.7 Å². The topological polar surface area (TPSA) is 40.5 Å². The van der Waals surface area contributed by atoms with Crippen LogP contribution in [0.1, 0.15) is 6.42 Å². The van der Waals surface area contributed by atoms with Gasteiger partial charge in [-0.3, -0.25) is 9.69 Å². The molecule has 0 aromatic carbocycles. The summed E-state index contributed by atoms with van der Waals surface area (Å²) in [5, 5.41) is 8.70. The van der Waals surface area contributed by atoms with E-state index in [1.807, 2.05) is 0 Å². The van der Waals surface area contributed by atoms with Crippen molar-refractivity contribution in [3.05, 3.63) is 12.2 Å². The van der Waals surface area contributed by atoms with Crippen LogP contribution in [-0.2, 0) is 4.79 Å². The van der Waals surface area contributed by atoms with Crippen molar-refractivity contribution in [3.8, 4) is 0 Å². The summed E-state index contributed by atoms with van der Waals surface area (Å²) in [6.07, 6.45) is 3.67. The highest BCUT2D eigenvalue weighted by Crippen LogP contribution is 2.07. The minimum atomic E-state index is -0.449. The first-order valence-corrected chi connectivity index (χ1v) is 4.32. The van der Waals surface area contributed by atoms with Crippen LogP contribution in [0.2, 0.25) is 0 Å². The second-order valence-electron chi connectivity index (χ2n) is 2.91. The number of nitrogens with zero attached hydrogens (tertiary/aromatic N) is 1. The molecule has 12 heavy (non-hydrogen) atoms. The average Bonchev–Trinajstić information content (AvgIpc) is 2.35. The Balaban J connectivity index is 2.20. The van der Waals surface area contributed by atoms with Crippen molar-refractivity contribution in [1.82, 2.24) is 4.90 Å². The fourth-order valence-electron chi connectivity index (χ4n) is 1.27. The van der Waals surface area contributed by atoms with E-state index in [2.05, 4.69) is 4.90 Å². The van der Waals surface area contributed by atoms with Crippen LogP contribution in [0.15, 0.2) is 12.2 Å². The van der Waals surface area contributed by atoms with E-state index in [0.717, 1.165) is 13.0 Å². The van der Waals surface area contributed by atoms with Crippen LogP contribution in [0.5, 0.6) is 0 Å². The highest BCUT2D eigenvalue weighted by Gasteiger charge is 2.18. The number of carbonyl (C=O) groups excluding carboxylic acids is 1.